The van der Waals surface area contributed by atoms with Crippen molar-refractivity contribution < 1.29 is 14.0 Å². The summed E-state index contributed by atoms with van der Waals surface area (Å²) >= 11 is 0. The van der Waals surface area contributed by atoms with Crippen LogP contribution in [0.15, 0.2) is 24.3 Å². The SMILES string of the molecule is CCN1CC[C@]2(CCC1=O)CN(C(=O)Nc1cccc(F)c1)CCN2C. The predicted octanol–water partition coefficient (Wildman–Crippen LogP) is 2.38. The Labute approximate surface area is 153 Å². The van der Waals surface area contributed by atoms with E-state index in [1.54, 1.807) is 17.0 Å². The van der Waals surface area contributed by atoms with Crippen molar-refractivity contribution in [3.05, 3.63) is 30.1 Å². The average molecular weight is 362 g/mol. The van der Waals surface area contributed by atoms with Gasteiger partial charge in [-0.25, -0.2) is 9.18 Å². The van der Waals surface area contributed by atoms with Gasteiger partial charge in [-0.3, -0.25) is 9.69 Å². The number of carbonyl (C=O) groups is 2. The fourth-order valence-corrected chi connectivity index (χ4v) is 3.97. The van der Waals surface area contributed by atoms with Crippen molar-refractivity contribution in [2.24, 2.45) is 0 Å². The lowest BCUT2D eigenvalue weighted by molar-refractivity contribution is -0.130. The van der Waals surface area contributed by atoms with E-state index in [1.165, 1.54) is 12.1 Å². The van der Waals surface area contributed by atoms with Crippen LogP contribution in [-0.2, 0) is 4.79 Å². The van der Waals surface area contributed by atoms with Crippen molar-refractivity contribution in [1.82, 2.24) is 14.7 Å². The molecule has 1 spiro atoms. The van der Waals surface area contributed by atoms with E-state index in [0.29, 0.717) is 25.2 Å². The first-order valence-corrected chi connectivity index (χ1v) is 9.24. The number of halogens is 1. The van der Waals surface area contributed by atoms with Gasteiger partial charge in [-0.15, -0.1) is 0 Å². The lowest BCUT2D eigenvalue weighted by Gasteiger charge is -2.49. The van der Waals surface area contributed by atoms with Gasteiger partial charge in [0, 0.05) is 50.4 Å². The molecule has 2 aliphatic rings. The molecule has 1 aromatic rings. The van der Waals surface area contributed by atoms with Crippen LogP contribution in [0.5, 0.6) is 0 Å². The standard InChI is InChI=1S/C19H27FN4O2/c1-3-23-10-9-19(8-7-17(23)25)14-24(12-11-22(19)2)18(26)21-16-6-4-5-15(20)13-16/h4-6,13H,3,7-12,14H2,1-2H3,(H,21,26)/t19-/m1/s1. The van der Waals surface area contributed by atoms with E-state index in [2.05, 4.69) is 17.3 Å². The molecule has 2 aliphatic heterocycles. The van der Waals surface area contributed by atoms with E-state index in [4.69, 9.17) is 0 Å². The van der Waals surface area contributed by atoms with Crippen molar-refractivity contribution >= 4 is 17.6 Å². The minimum absolute atomic E-state index is 0.183. The molecule has 7 heteroatoms. The Balaban J connectivity index is 1.71. The molecule has 2 fully saturated rings. The van der Waals surface area contributed by atoms with E-state index >= 15 is 0 Å². The van der Waals surface area contributed by atoms with Crippen LogP contribution in [0.25, 0.3) is 0 Å². The van der Waals surface area contributed by atoms with Gasteiger partial charge in [0.05, 0.1) is 0 Å². The number of nitrogens with zero attached hydrogens (tertiary/aromatic N) is 3. The number of amides is 3. The number of likely N-dealkylation sites (N-methyl/N-ethyl adjacent to an activating group) is 1. The molecule has 0 saturated carbocycles. The monoisotopic (exact) mass is 362 g/mol. The third-order valence-corrected chi connectivity index (χ3v) is 5.75. The van der Waals surface area contributed by atoms with Crippen LogP contribution >= 0.6 is 0 Å². The third-order valence-electron chi connectivity index (χ3n) is 5.75. The largest absolute Gasteiger partial charge is 0.343 e. The van der Waals surface area contributed by atoms with Gasteiger partial charge < -0.3 is 15.1 Å². The predicted molar refractivity (Wildman–Crippen MR) is 98.5 cm³/mol. The van der Waals surface area contributed by atoms with E-state index in [9.17, 15) is 14.0 Å². The van der Waals surface area contributed by atoms with Crippen LogP contribution in [0, 0.1) is 5.82 Å². The molecule has 0 radical (unpaired) electrons. The van der Waals surface area contributed by atoms with Crippen LogP contribution in [0.1, 0.15) is 26.2 Å². The fourth-order valence-electron chi connectivity index (χ4n) is 3.97. The number of nitrogens with one attached hydrogen (secondary N) is 1. The first-order chi connectivity index (χ1) is 12.4. The Morgan fingerprint density at radius 3 is 2.81 bits per heavy atom. The zero-order valence-electron chi connectivity index (χ0n) is 15.5. The van der Waals surface area contributed by atoms with Gasteiger partial charge >= 0.3 is 6.03 Å². The minimum atomic E-state index is -0.375. The van der Waals surface area contributed by atoms with Crippen molar-refractivity contribution in [2.45, 2.75) is 31.7 Å². The average Bonchev–Trinajstić information content (AvgIpc) is 2.77. The molecule has 0 aliphatic carbocycles. The molecule has 3 amide bonds. The number of rotatable bonds is 2. The molecule has 142 valence electrons. The molecule has 1 N–H and O–H groups in total. The first-order valence-electron chi connectivity index (χ1n) is 9.24. The van der Waals surface area contributed by atoms with Gasteiger partial charge in [-0.2, -0.15) is 0 Å². The van der Waals surface area contributed by atoms with Crippen molar-refractivity contribution in [3.63, 3.8) is 0 Å². The highest BCUT2D eigenvalue weighted by atomic mass is 19.1. The molecular formula is C19H27FN4O2. The second-order valence-electron chi connectivity index (χ2n) is 7.23. The minimum Gasteiger partial charge on any atom is -0.343 e. The number of urea groups is 1. The quantitative estimate of drug-likeness (QED) is 0.879. The molecule has 3 rings (SSSR count). The molecule has 1 atom stereocenters. The highest BCUT2D eigenvalue weighted by molar-refractivity contribution is 5.89. The number of hydrogen-bond acceptors (Lipinski definition) is 3. The first kappa shape index (κ1) is 18.6. The number of hydrogen-bond donors (Lipinski definition) is 1. The van der Waals surface area contributed by atoms with Crippen molar-refractivity contribution in [2.75, 3.05) is 45.1 Å². The van der Waals surface area contributed by atoms with E-state index in [-0.39, 0.29) is 23.3 Å². The van der Waals surface area contributed by atoms with Crippen LogP contribution in [-0.4, -0.2) is 71.9 Å². The van der Waals surface area contributed by atoms with E-state index in [0.717, 1.165) is 32.5 Å². The van der Waals surface area contributed by atoms with Gasteiger partial charge in [0.1, 0.15) is 5.82 Å². The molecule has 0 unspecified atom stereocenters. The summed E-state index contributed by atoms with van der Waals surface area (Å²) in [5.74, 6) is -0.182. The second-order valence-corrected chi connectivity index (χ2v) is 7.23. The fraction of sp³-hybridized carbons (Fsp3) is 0.579. The zero-order valence-corrected chi connectivity index (χ0v) is 15.5. The Kier molecular flexibility index (Phi) is 5.46. The normalized spacial score (nSPS) is 24.7. The summed E-state index contributed by atoms with van der Waals surface area (Å²) in [6, 6.07) is 5.70. The second kappa shape index (κ2) is 7.61. The summed E-state index contributed by atoms with van der Waals surface area (Å²) in [7, 11) is 2.08. The number of piperazine rings is 1. The highest BCUT2D eigenvalue weighted by Gasteiger charge is 2.43. The van der Waals surface area contributed by atoms with Gasteiger partial charge in [0.25, 0.3) is 0 Å². The number of anilines is 1. The van der Waals surface area contributed by atoms with Gasteiger partial charge in [0.15, 0.2) is 0 Å². The van der Waals surface area contributed by atoms with E-state index in [1.807, 2.05) is 11.8 Å². The number of carbonyl (C=O) groups excluding carboxylic acids is 2. The van der Waals surface area contributed by atoms with Crippen LogP contribution in [0.2, 0.25) is 0 Å². The molecule has 0 bridgehead atoms. The highest BCUT2D eigenvalue weighted by Crippen LogP contribution is 2.32. The Hall–Kier alpha value is -2.15. The van der Waals surface area contributed by atoms with Gasteiger partial charge in [-0.05, 0) is 45.0 Å². The molecule has 26 heavy (non-hydrogen) atoms. The molecular weight excluding hydrogens is 335 g/mol. The van der Waals surface area contributed by atoms with Crippen LogP contribution in [0.3, 0.4) is 0 Å². The zero-order chi connectivity index (χ0) is 18.7. The van der Waals surface area contributed by atoms with Gasteiger partial charge in [0.2, 0.25) is 5.91 Å². The maximum Gasteiger partial charge on any atom is 0.321 e. The Morgan fingerprint density at radius 1 is 1.27 bits per heavy atom. The van der Waals surface area contributed by atoms with Crippen molar-refractivity contribution in [3.8, 4) is 0 Å². The summed E-state index contributed by atoms with van der Waals surface area (Å²) in [4.78, 5) is 30.9. The molecule has 1 aromatic carbocycles. The summed E-state index contributed by atoms with van der Waals surface area (Å²) in [5, 5.41) is 2.78. The van der Waals surface area contributed by atoms with Crippen molar-refractivity contribution in [1.29, 1.82) is 0 Å². The van der Waals surface area contributed by atoms with Crippen LogP contribution in [0.4, 0.5) is 14.9 Å². The maximum atomic E-state index is 13.3. The topological polar surface area (TPSA) is 55.9 Å². The summed E-state index contributed by atoms with van der Waals surface area (Å²) in [6.07, 6.45) is 2.12. The summed E-state index contributed by atoms with van der Waals surface area (Å²) < 4.78 is 13.3. The summed E-state index contributed by atoms with van der Waals surface area (Å²) in [6.45, 7) is 5.40. The lowest BCUT2D eigenvalue weighted by atomic mass is 9.86. The van der Waals surface area contributed by atoms with Crippen LogP contribution < -0.4 is 5.32 Å². The summed E-state index contributed by atoms with van der Waals surface area (Å²) in [5.41, 5.74) is 0.271. The third kappa shape index (κ3) is 3.82. The van der Waals surface area contributed by atoms with E-state index < -0.39 is 0 Å². The smallest absolute Gasteiger partial charge is 0.321 e. The molecule has 6 nitrogen and oxygen atoms in total. The van der Waals surface area contributed by atoms with Gasteiger partial charge in [-0.1, -0.05) is 6.07 Å². The Bertz CT molecular complexity index is 683. The molecule has 2 saturated heterocycles. The number of likely N-dealkylation sites (tertiary alicyclic amines) is 1. The molecule has 0 aromatic heterocycles. The Morgan fingerprint density at radius 2 is 2.08 bits per heavy atom. The lowest BCUT2D eigenvalue weighted by Crippen LogP contribution is -2.62. The maximum absolute atomic E-state index is 13.3. The number of benzene rings is 1. The molecule has 2 heterocycles.